The predicted molar refractivity (Wildman–Crippen MR) is 91.8 cm³/mol. The van der Waals surface area contributed by atoms with E-state index < -0.39 is 0 Å². The number of hydrogen-bond donors (Lipinski definition) is 1. The molecule has 0 aliphatic rings. The molecule has 0 saturated heterocycles. The molecule has 2 aromatic carbocycles. The van der Waals surface area contributed by atoms with Gasteiger partial charge in [-0.2, -0.15) is 0 Å². The first-order chi connectivity index (χ1) is 9.61. The smallest absolute Gasteiger partial charge is 0.0545 e. The molecule has 0 amide bonds. The third-order valence-electron chi connectivity index (χ3n) is 3.01. The van der Waals surface area contributed by atoms with Gasteiger partial charge in [-0.25, -0.2) is 0 Å². The maximum absolute atomic E-state index is 6.19. The summed E-state index contributed by atoms with van der Waals surface area (Å²) in [5.74, 6) is 0. The molecule has 0 aromatic heterocycles. The summed E-state index contributed by atoms with van der Waals surface area (Å²) in [6.45, 7) is 5.25. The normalized spacial score (nSPS) is 12.4. The Labute approximate surface area is 138 Å². The van der Waals surface area contributed by atoms with Crippen LogP contribution in [-0.2, 0) is 0 Å². The zero-order valence-corrected chi connectivity index (χ0v) is 14.6. The number of benzene rings is 2. The molecule has 0 radical (unpaired) electrons. The van der Waals surface area contributed by atoms with Gasteiger partial charge in [0.15, 0.2) is 0 Å². The molecule has 1 unspecified atom stereocenters. The van der Waals surface area contributed by atoms with Crippen LogP contribution in [0.15, 0.2) is 56.7 Å². The second kappa shape index (κ2) is 7.51. The quantitative estimate of drug-likeness (QED) is 0.700. The zero-order chi connectivity index (χ0) is 14.5. The van der Waals surface area contributed by atoms with Gasteiger partial charge in [0.05, 0.1) is 5.02 Å². The highest BCUT2D eigenvalue weighted by Crippen LogP contribution is 2.35. The lowest BCUT2D eigenvalue weighted by molar-refractivity contribution is 0.595. The molecule has 1 nitrogen and oxygen atoms in total. The average Bonchev–Trinajstić information content (AvgIpc) is 2.42. The molecule has 0 aliphatic heterocycles. The molecule has 0 spiro atoms. The fraction of sp³-hybridized carbons (Fsp3) is 0.250. The minimum absolute atomic E-state index is 0.341. The molecule has 106 valence electrons. The van der Waals surface area contributed by atoms with E-state index in [-0.39, 0.29) is 0 Å². The van der Waals surface area contributed by atoms with E-state index in [9.17, 15) is 0 Å². The Morgan fingerprint density at radius 1 is 1.25 bits per heavy atom. The summed E-state index contributed by atoms with van der Waals surface area (Å²) in [7, 11) is 0. The molecular weight excluding hydrogens is 354 g/mol. The Hall–Kier alpha value is -0.480. The van der Waals surface area contributed by atoms with Gasteiger partial charge in [-0.05, 0) is 43.3 Å². The molecule has 20 heavy (non-hydrogen) atoms. The molecule has 2 rings (SSSR count). The third-order valence-corrected chi connectivity index (χ3v) is 5.21. The van der Waals surface area contributed by atoms with Gasteiger partial charge in [0.2, 0.25) is 0 Å². The largest absolute Gasteiger partial charge is 0.310 e. The summed E-state index contributed by atoms with van der Waals surface area (Å²) in [6, 6.07) is 14.7. The van der Waals surface area contributed by atoms with Crippen molar-refractivity contribution in [3.8, 4) is 0 Å². The van der Waals surface area contributed by atoms with Crippen LogP contribution in [0, 0.1) is 0 Å². The van der Waals surface area contributed by atoms with Gasteiger partial charge >= 0.3 is 0 Å². The van der Waals surface area contributed by atoms with Crippen LogP contribution in [0.25, 0.3) is 0 Å². The van der Waals surface area contributed by atoms with Gasteiger partial charge in [-0.15, -0.1) is 0 Å². The standard InChI is InChI=1S/C16H17BrClNS/c1-3-19-11(2)13-9-8-12(10-14(13)17)20-16-7-5-4-6-15(16)18/h4-11,19H,3H2,1-2H3. The summed E-state index contributed by atoms with van der Waals surface area (Å²) in [4.78, 5) is 2.26. The first-order valence-corrected chi connectivity index (χ1v) is 8.55. The highest BCUT2D eigenvalue weighted by molar-refractivity contribution is 9.10. The van der Waals surface area contributed by atoms with Crippen LogP contribution in [-0.4, -0.2) is 6.54 Å². The molecule has 1 N–H and O–H groups in total. The van der Waals surface area contributed by atoms with Crippen LogP contribution in [0.2, 0.25) is 5.02 Å². The monoisotopic (exact) mass is 369 g/mol. The van der Waals surface area contributed by atoms with E-state index in [1.165, 1.54) is 10.5 Å². The molecule has 0 fully saturated rings. The lowest BCUT2D eigenvalue weighted by Gasteiger charge is -2.15. The Morgan fingerprint density at radius 3 is 2.65 bits per heavy atom. The average molecular weight is 371 g/mol. The lowest BCUT2D eigenvalue weighted by atomic mass is 10.1. The van der Waals surface area contributed by atoms with Gasteiger partial charge in [0, 0.05) is 20.3 Å². The van der Waals surface area contributed by atoms with Crippen molar-refractivity contribution in [2.45, 2.75) is 29.7 Å². The van der Waals surface area contributed by atoms with Gasteiger partial charge in [0.25, 0.3) is 0 Å². The van der Waals surface area contributed by atoms with Crippen LogP contribution in [0.3, 0.4) is 0 Å². The fourth-order valence-electron chi connectivity index (χ4n) is 1.99. The number of halogens is 2. The summed E-state index contributed by atoms with van der Waals surface area (Å²) < 4.78 is 1.13. The molecule has 0 bridgehead atoms. The summed E-state index contributed by atoms with van der Waals surface area (Å²) in [5.41, 5.74) is 1.27. The van der Waals surface area contributed by atoms with E-state index in [1.807, 2.05) is 24.3 Å². The van der Waals surface area contributed by atoms with Gasteiger partial charge < -0.3 is 5.32 Å². The van der Waals surface area contributed by atoms with Crippen molar-refractivity contribution in [1.82, 2.24) is 5.32 Å². The zero-order valence-electron chi connectivity index (χ0n) is 11.5. The molecule has 2 aromatic rings. The Morgan fingerprint density at radius 2 is 2.00 bits per heavy atom. The van der Waals surface area contributed by atoms with Crippen molar-refractivity contribution in [3.63, 3.8) is 0 Å². The summed E-state index contributed by atoms with van der Waals surface area (Å²) >= 11 is 11.5. The summed E-state index contributed by atoms with van der Waals surface area (Å²) in [6.07, 6.45) is 0. The van der Waals surface area contributed by atoms with Gasteiger partial charge in [0.1, 0.15) is 0 Å². The number of hydrogen-bond acceptors (Lipinski definition) is 2. The SMILES string of the molecule is CCNC(C)c1ccc(Sc2ccccc2Cl)cc1Br. The minimum Gasteiger partial charge on any atom is -0.310 e. The van der Waals surface area contributed by atoms with Gasteiger partial charge in [-0.3, -0.25) is 0 Å². The van der Waals surface area contributed by atoms with E-state index in [0.29, 0.717) is 6.04 Å². The highest BCUT2D eigenvalue weighted by Gasteiger charge is 2.10. The molecule has 1 atom stereocenters. The topological polar surface area (TPSA) is 12.0 Å². The van der Waals surface area contributed by atoms with Crippen molar-refractivity contribution >= 4 is 39.3 Å². The second-order valence-electron chi connectivity index (χ2n) is 4.50. The van der Waals surface area contributed by atoms with E-state index in [2.05, 4.69) is 53.3 Å². The lowest BCUT2D eigenvalue weighted by Crippen LogP contribution is -2.17. The number of rotatable bonds is 5. The molecular formula is C16H17BrClNS. The molecule has 4 heteroatoms. The highest BCUT2D eigenvalue weighted by atomic mass is 79.9. The fourth-order valence-corrected chi connectivity index (χ4v) is 4.00. The van der Waals surface area contributed by atoms with E-state index >= 15 is 0 Å². The van der Waals surface area contributed by atoms with E-state index in [1.54, 1.807) is 11.8 Å². The number of nitrogens with one attached hydrogen (secondary N) is 1. The van der Waals surface area contributed by atoms with E-state index in [0.717, 1.165) is 20.9 Å². The minimum atomic E-state index is 0.341. The first kappa shape index (κ1) is 15.9. The van der Waals surface area contributed by atoms with Crippen LogP contribution in [0.1, 0.15) is 25.5 Å². The van der Waals surface area contributed by atoms with Crippen LogP contribution < -0.4 is 5.32 Å². The summed E-state index contributed by atoms with van der Waals surface area (Å²) in [5, 5.41) is 4.21. The van der Waals surface area contributed by atoms with Crippen molar-refractivity contribution in [2.24, 2.45) is 0 Å². The molecule has 0 aliphatic carbocycles. The van der Waals surface area contributed by atoms with Crippen molar-refractivity contribution in [1.29, 1.82) is 0 Å². The van der Waals surface area contributed by atoms with E-state index in [4.69, 9.17) is 11.6 Å². The molecule has 0 saturated carbocycles. The second-order valence-corrected chi connectivity index (χ2v) is 6.87. The Bertz CT molecular complexity index is 588. The predicted octanol–water partition coefficient (Wildman–Crippen LogP) is 5.92. The van der Waals surface area contributed by atoms with Crippen molar-refractivity contribution in [3.05, 3.63) is 57.5 Å². The van der Waals surface area contributed by atoms with Crippen molar-refractivity contribution in [2.75, 3.05) is 6.54 Å². The van der Waals surface area contributed by atoms with Crippen molar-refractivity contribution < 1.29 is 0 Å². The Balaban J connectivity index is 2.19. The maximum Gasteiger partial charge on any atom is 0.0545 e. The Kier molecular flexibility index (Phi) is 5.97. The van der Waals surface area contributed by atoms with Crippen LogP contribution >= 0.6 is 39.3 Å². The first-order valence-electron chi connectivity index (χ1n) is 6.57. The maximum atomic E-state index is 6.19. The van der Waals surface area contributed by atoms with Gasteiger partial charge in [-0.1, -0.05) is 64.4 Å². The third kappa shape index (κ3) is 4.01. The van der Waals surface area contributed by atoms with Crippen LogP contribution in [0.4, 0.5) is 0 Å². The van der Waals surface area contributed by atoms with Crippen LogP contribution in [0.5, 0.6) is 0 Å². The molecule has 0 heterocycles.